The van der Waals surface area contributed by atoms with E-state index in [2.05, 4.69) is 0 Å². The fourth-order valence-electron chi connectivity index (χ4n) is 1.34. The molecule has 0 saturated heterocycles. The van der Waals surface area contributed by atoms with E-state index in [1.165, 1.54) is 12.8 Å². The topological polar surface area (TPSA) is 72.5 Å². The Morgan fingerprint density at radius 3 is 2.73 bits per heavy atom. The molecule has 0 aliphatic heterocycles. The number of nitrogens with two attached hydrogens (primary N) is 1. The maximum atomic E-state index is 10.7. The highest BCUT2D eigenvalue weighted by Crippen LogP contribution is 2.28. The van der Waals surface area contributed by atoms with E-state index in [0.717, 1.165) is 32.0 Å². The molecule has 1 unspecified atom stereocenters. The number of ether oxygens (including phenoxy) is 1. The molecule has 88 valence electrons. The molecule has 15 heavy (non-hydrogen) atoms. The van der Waals surface area contributed by atoms with Gasteiger partial charge < -0.3 is 15.6 Å². The van der Waals surface area contributed by atoms with Crippen LogP contribution in [0.4, 0.5) is 0 Å². The first-order valence-electron chi connectivity index (χ1n) is 5.62. The van der Waals surface area contributed by atoms with E-state index in [9.17, 15) is 4.79 Å². The van der Waals surface area contributed by atoms with E-state index >= 15 is 0 Å². The highest BCUT2D eigenvalue weighted by atomic mass is 16.5. The van der Waals surface area contributed by atoms with Crippen LogP contribution in [0.2, 0.25) is 0 Å². The molecule has 0 radical (unpaired) electrons. The maximum Gasteiger partial charge on any atom is 0.323 e. The van der Waals surface area contributed by atoms with Crippen molar-refractivity contribution in [2.75, 3.05) is 13.2 Å². The van der Waals surface area contributed by atoms with Crippen LogP contribution in [-0.2, 0) is 9.53 Å². The molecular weight excluding hydrogens is 194 g/mol. The summed E-state index contributed by atoms with van der Waals surface area (Å²) in [5.74, 6) is -0.134. The molecule has 0 bridgehead atoms. The number of unbranched alkanes of at least 4 members (excludes halogenated alkanes) is 1. The summed E-state index contributed by atoms with van der Waals surface area (Å²) in [6.07, 6.45) is 4.83. The Bertz CT molecular complexity index is 212. The van der Waals surface area contributed by atoms with Crippen LogP contribution in [0.3, 0.4) is 0 Å². The Morgan fingerprint density at radius 1 is 1.53 bits per heavy atom. The number of carbonyl (C=O) groups is 1. The Morgan fingerprint density at radius 2 is 2.20 bits per heavy atom. The Balaban J connectivity index is 1.93. The van der Waals surface area contributed by atoms with Gasteiger partial charge in [-0.3, -0.25) is 4.79 Å². The summed E-state index contributed by atoms with van der Waals surface area (Å²) in [6, 6.07) is 0. The molecule has 0 aromatic rings. The van der Waals surface area contributed by atoms with Crippen LogP contribution in [0.15, 0.2) is 0 Å². The summed E-state index contributed by atoms with van der Waals surface area (Å²) < 4.78 is 5.44. The van der Waals surface area contributed by atoms with Crippen LogP contribution in [0.25, 0.3) is 0 Å². The third-order valence-corrected chi connectivity index (χ3v) is 2.77. The van der Waals surface area contributed by atoms with Gasteiger partial charge in [0.25, 0.3) is 0 Å². The van der Waals surface area contributed by atoms with Gasteiger partial charge in [-0.25, -0.2) is 0 Å². The SMILES string of the molecule is CC(N)(CCCCOCC1CC1)C(=O)O. The van der Waals surface area contributed by atoms with E-state index < -0.39 is 11.5 Å². The minimum atomic E-state index is -1.09. The molecule has 1 aliphatic carbocycles. The van der Waals surface area contributed by atoms with Gasteiger partial charge in [0.2, 0.25) is 0 Å². The van der Waals surface area contributed by atoms with Crippen molar-refractivity contribution in [2.24, 2.45) is 11.7 Å². The van der Waals surface area contributed by atoms with E-state index in [0.29, 0.717) is 6.42 Å². The summed E-state index contributed by atoms with van der Waals surface area (Å²) >= 11 is 0. The van der Waals surface area contributed by atoms with E-state index in [1.807, 2.05) is 0 Å². The van der Waals surface area contributed by atoms with Crippen LogP contribution < -0.4 is 5.73 Å². The Kier molecular flexibility index (Phi) is 4.54. The number of carboxylic acids is 1. The molecule has 1 fully saturated rings. The number of rotatable bonds is 8. The molecule has 0 aromatic heterocycles. The zero-order chi connectivity index (χ0) is 11.3. The van der Waals surface area contributed by atoms with Crippen molar-refractivity contribution >= 4 is 5.97 Å². The van der Waals surface area contributed by atoms with E-state index in [1.54, 1.807) is 6.92 Å². The lowest BCUT2D eigenvalue weighted by Gasteiger charge is -2.18. The smallest absolute Gasteiger partial charge is 0.323 e. The van der Waals surface area contributed by atoms with Gasteiger partial charge in [-0.15, -0.1) is 0 Å². The monoisotopic (exact) mass is 215 g/mol. The van der Waals surface area contributed by atoms with Gasteiger partial charge in [0.15, 0.2) is 0 Å². The highest BCUT2D eigenvalue weighted by molar-refractivity contribution is 5.77. The summed E-state index contributed by atoms with van der Waals surface area (Å²) in [5, 5.41) is 8.77. The lowest BCUT2D eigenvalue weighted by atomic mass is 9.97. The van der Waals surface area contributed by atoms with Gasteiger partial charge in [-0.1, -0.05) is 0 Å². The molecule has 0 aromatic carbocycles. The van der Waals surface area contributed by atoms with Crippen molar-refractivity contribution in [3.05, 3.63) is 0 Å². The summed E-state index contributed by atoms with van der Waals surface area (Å²) in [7, 11) is 0. The average Bonchev–Trinajstić information content (AvgIpc) is 2.94. The molecule has 0 amide bonds. The summed E-state index contributed by atoms with van der Waals surface area (Å²) in [6.45, 7) is 3.16. The molecule has 0 spiro atoms. The van der Waals surface area contributed by atoms with Crippen molar-refractivity contribution in [1.82, 2.24) is 0 Å². The van der Waals surface area contributed by atoms with E-state index in [-0.39, 0.29) is 0 Å². The van der Waals surface area contributed by atoms with E-state index in [4.69, 9.17) is 15.6 Å². The predicted octanol–water partition coefficient (Wildman–Crippen LogP) is 1.39. The van der Waals surface area contributed by atoms with Crippen molar-refractivity contribution in [3.8, 4) is 0 Å². The molecule has 4 heteroatoms. The van der Waals surface area contributed by atoms with Crippen molar-refractivity contribution < 1.29 is 14.6 Å². The van der Waals surface area contributed by atoms with Crippen molar-refractivity contribution in [3.63, 3.8) is 0 Å². The second kappa shape index (κ2) is 5.47. The Labute approximate surface area is 90.8 Å². The second-order valence-corrected chi connectivity index (χ2v) is 4.70. The quantitative estimate of drug-likeness (QED) is 0.600. The number of aliphatic carboxylic acids is 1. The predicted molar refractivity (Wildman–Crippen MR) is 57.6 cm³/mol. The fraction of sp³-hybridized carbons (Fsp3) is 0.909. The number of hydrogen-bond donors (Lipinski definition) is 2. The standard InChI is InChI=1S/C11H21NO3/c1-11(12,10(13)14)6-2-3-7-15-8-9-4-5-9/h9H,2-8,12H2,1H3,(H,13,14). The fourth-order valence-corrected chi connectivity index (χ4v) is 1.34. The van der Waals surface area contributed by atoms with Gasteiger partial charge in [0, 0.05) is 13.2 Å². The van der Waals surface area contributed by atoms with Gasteiger partial charge in [-0.05, 0) is 44.9 Å². The largest absolute Gasteiger partial charge is 0.480 e. The molecule has 0 heterocycles. The molecule has 1 aliphatic rings. The first-order valence-corrected chi connectivity index (χ1v) is 5.62. The van der Waals surface area contributed by atoms with Crippen LogP contribution in [-0.4, -0.2) is 29.8 Å². The zero-order valence-corrected chi connectivity index (χ0v) is 9.37. The number of hydrogen-bond acceptors (Lipinski definition) is 3. The van der Waals surface area contributed by atoms with Gasteiger partial charge >= 0.3 is 5.97 Å². The minimum absolute atomic E-state index is 0.509. The second-order valence-electron chi connectivity index (χ2n) is 4.70. The molecule has 3 N–H and O–H groups in total. The summed E-state index contributed by atoms with van der Waals surface area (Å²) in [5.41, 5.74) is 4.51. The molecular formula is C11H21NO3. The maximum absolute atomic E-state index is 10.7. The van der Waals surface area contributed by atoms with Crippen LogP contribution in [0, 0.1) is 5.92 Å². The van der Waals surface area contributed by atoms with Crippen LogP contribution >= 0.6 is 0 Å². The summed E-state index contributed by atoms with van der Waals surface area (Å²) in [4.78, 5) is 10.7. The Hall–Kier alpha value is -0.610. The third kappa shape index (κ3) is 5.14. The van der Waals surface area contributed by atoms with Gasteiger partial charge in [0.05, 0.1) is 0 Å². The average molecular weight is 215 g/mol. The van der Waals surface area contributed by atoms with Gasteiger partial charge in [-0.2, -0.15) is 0 Å². The molecule has 1 atom stereocenters. The minimum Gasteiger partial charge on any atom is -0.480 e. The third-order valence-electron chi connectivity index (χ3n) is 2.77. The first kappa shape index (κ1) is 12.5. The lowest BCUT2D eigenvalue weighted by molar-refractivity contribution is -0.142. The lowest BCUT2D eigenvalue weighted by Crippen LogP contribution is -2.44. The van der Waals surface area contributed by atoms with Crippen LogP contribution in [0.5, 0.6) is 0 Å². The van der Waals surface area contributed by atoms with Crippen molar-refractivity contribution in [1.29, 1.82) is 0 Å². The first-order chi connectivity index (χ1) is 7.02. The molecule has 1 saturated carbocycles. The number of carboxylic acid groups (broad SMARTS) is 1. The highest BCUT2D eigenvalue weighted by Gasteiger charge is 2.26. The molecule has 4 nitrogen and oxygen atoms in total. The van der Waals surface area contributed by atoms with Gasteiger partial charge in [0.1, 0.15) is 5.54 Å². The van der Waals surface area contributed by atoms with Crippen LogP contribution in [0.1, 0.15) is 39.0 Å². The zero-order valence-electron chi connectivity index (χ0n) is 9.37. The molecule has 1 rings (SSSR count). The van der Waals surface area contributed by atoms with Crippen molar-refractivity contribution in [2.45, 2.75) is 44.6 Å². The normalized spacial score (nSPS) is 19.9.